The quantitative estimate of drug-likeness (QED) is 0.812. The van der Waals surface area contributed by atoms with E-state index in [1.54, 1.807) is 0 Å². The molecule has 1 aliphatic heterocycles. The third kappa shape index (κ3) is 4.28. The number of carbonyl (C=O) groups is 1. The highest BCUT2D eigenvalue weighted by Crippen LogP contribution is 2.13. The average Bonchev–Trinajstić information content (AvgIpc) is 2.61. The van der Waals surface area contributed by atoms with Gasteiger partial charge in [-0.05, 0) is 17.7 Å². The molecule has 1 fully saturated rings. The molecule has 3 rings (SSSR count). The van der Waals surface area contributed by atoms with Crippen LogP contribution in [-0.2, 0) is 11.2 Å². The maximum absolute atomic E-state index is 13.1. The second kappa shape index (κ2) is 7.86. The van der Waals surface area contributed by atoms with E-state index < -0.39 is 0 Å². The molecule has 1 atom stereocenters. The molecule has 23 heavy (non-hydrogen) atoms. The SMILES string of the molecule is O=C(c1ccc(Br)cc1)[C@@H](Cc1ccccc1)[NH+]1CCOCC1. The van der Waals surface area contributed by atoms with Crippen molar-refractivity contribution in [2.45, 2.75) is 12.5 Å². The fourth-order valence-electron chi connectivity index (χ4n) is 3.07. The van der Waals surface area contributed by atoms with Crippen LogP contribution >= 0.6 is 15.9 Å². The van der Waals surface area contributed by atoms with Crippen LogP contribution in [0.4, 0.5) is 0 Å². The number of halogens is 1. The van der Waals surface area contributed by atoms with E-state index in [2.05, 4.69) is 28.1 Å². The lowest BCUT2D eigenvalue weighted by molar-refractivity contribution is -0.922. The molecule has 0 aromatic heterocycles. The molecule has 2 aromatic rings. The second-order valence-corrected chi connectivity index (χ2v) is 6.80. The molecule has 4 heteroatoms. The molecule has 0 bridgehead atoms. The van der Waals surface area contributed by atoms with E-state index in [4.69, 9.17) is 4.74 Å². The highest BCUT2D eigenvalue weighted by atomic mass is 79.9. The number of carbonyl (C=O) groups excluding carboxylic acids is 1. The van der Waals surface area contributed by atoms with Crippen molar-refractivity contribution in [1.29, 1.82) is 0 Å². The lowest BCUT2D eigenvalue weighted by Gasteiger charge is -2.30. The first kappa shape index (κ1) is 16.4. The number of quaternary nitrogens is 1. The van der Waals surface area contributed by atoms with Crippen molar-refractivity contribution in [3.63, 3.8) is 0 Å². The van der Waals surface area contributed by atoms with E-state index in [9.17, 15) is 4.79 Å². The minimum absolute atomic E-state index is 0.0533. The highest BCUT2D eigenvalue weighted by Gasteiger charge is 2.32. The molecule has 1 heterocycles. The summed E-state index contributed by atoms with van der Waals surface area (Å²) in [7, 11) is 0. The molecule has 1 saturated heterocycles. The van der Waals surface area contributed by atoms with Crippen LogP contribution in [-0.4, -0.2) is 38.1 Å². The summed E-state index contributed by atoms with van der Waals surface area (Å²) in [5, 5.41) is 0. The van der Waals surface area contributed by atoms with Crippen LogP contribution in [0, 0.1) is 0 Å². The summed E-state index contributed by atoms with van der Waals surface area (Å²) in [4.78, 5) is 14.4. The van der Waals surface area contributed by atoms with Gasteiger partial charge in [-0.1, -0.05) is 58.4 Å². The number of morpholine rings is 1. The summed E-state index contributed by atoms with van der Waals surface area (Å²) in [5.74, 6) is 0.221. The smallest absolute Gasteiger partial charge is 0.220 e. The van der Waals surface area contributed by atoms with Crippen LogP contribution < -0.4 is 4.90 Å². The lowest BCUT2D eigenvalue weighted by Crippen LogP contribution is -3.18. The maximum Gasteiger partial charge on any atom is 0.220 e. The number of hydrogen-bond acceptors (Lipinski definition) is 2. The molecule has 1 N–H and O–H groups in total. The third-order valence-corrected chi connectivity index (χ3v) is 4.88. The van der Waals surface area contributed by atoms with Gasteiger partial charge in [-0.25, -0.2) is 0 Å². The van der Waals surface area contributed by atoms with Crippen molar-refractivity contribution in [1.82, 2.24) is 0 Å². The zero-order valence-electron chi connectivity index (χ0n) is 13.0. The van der Waals surface area contributed by atoms with Gasteiger partial charge >= 0.3 is 0 Å². The van der Waals surface area contributed by atoms with Crippen molar-refractivity contribution in [3.8, 4) is 0 Å². The number of rotatable bonds is 5. The predicted molar refractivity (Wildman–Crippen MR) is 93.9 cm³/mol. The summed E-state index contributed by atoms with van der Waals surface area (Å²) in [6, 6.07) is 17.9. The normalized spacial score (nSPS) is 16.9. The fourth-order valence-corrected chi connectivity index (χ4v) is 3.33. The summed E-state index contributed by atoms with van der Waals surface area (Å²) < 4.78 is 6.46. The van der Waals surface area contributed by atoms with E-state index >= 15 is 0 Å². The van der Waals surface area contributed by atoms with Crippen LogP contribution in [0.1, 0.15) is 15.9 Å². The van der Waals surface area contributed by atoms with E-state index in [0.717, 1.165) is 42.8 Å². The van der Waals surface area contributed by atoms with Crippen molar-refractivity contribution >= 4 is 21.7 Å². The van der Waals surface area contributed by atoms with Crippen molar-refractivity contribution in [3.05, 3.63) is 70.2 Å². The van der Waals surface area contributed by atoms with Crippen LogP contribution in [0.25, 0.3) is 0 Å². The first-order chi connectivity index (χ1) is 11.2. The van der Waals surface area contributed by atoms with Gasteiger partial charge in [-0.15, -0.1) is 0 Å². The van der Waals surface area contributed by atoms with E-state index in [0.29, 0.717) is 0 Å². The van der Waals surface area contributed by atoms with Crippen LogP contribution in [0.5, 0.6) is 0 Å². The Morgan fingerprint density at radius 3 is 2.35 bits per heavy atom. The number of ketones is 1. The summed E-state index contributed by atoms with van der Waals surface area (Å²) >= 11 is 3.43. The Labute approximate surface area is 145 Å². The zero-order chi connectivity index (χ0) is 16.1. The molecule has 0 aliphatic carbocycles. The van der Waals surface area contributed by atoms with Gasteiger partial charge in [0.25, 0.3) is 0 Å². The third-order valence-electron chi connectivity index (χ3n) is 4.36. The molecule has 2 aromatic carbocycles. The molecule has 1 aliphatic rings. The molecule has 0 saturated carbocycles. The number of ether oxygens (including phenoxy) is 1. The average molecular weight is 375 g/mol. The van der Waals surface area contributed by atoms with E-state index in [1.807, 2.05) is 42.5 Å². The van der Waals surface area contributed by atoms with Gasteiger partial charge in [-0.2, -0.15) is 0 Å². The van der Waals surface area contributed by atoms with Crippen molar-refractivity contribution < 1.29 is 14.4 Å². The summed E-state index contributed by atoms with van der Waals surface area (Å²) in [6.45, 7) is 3.24. The zero-order valence-corrected chi connectivity index (χ0v) is 14.6. The van der Waals surface area contributed by atoms with E-state index in [1.165, 1.54) is 10.5 Å². The largest absolute Gasteiger partial charge is 0.370 e. The first-order valence-electron chi connectivity index (χ1n) is 8.00. The Morgan fingerprint density at radius 2 is 1.70 bits per heavy atom. The molecular formula is C19H21BrNO2+. The Kier molecular flexibility index (Phi) is 5.60. The topological polar surface area (TPSA) is 30.7 Å². The Hall–Kier alpha value is -1.49. The van der Waals surface area contributed by atoms with Gasteiger partial charge in [0.2, 0.25) is 5.78 Å². The van der Waals surface area contributed by atoms with E-state index in [-0.39, 0.29) is 11.8 Å². The molecule has 120 valence electrons. The second-order valence-electron chi connectivity index (χ2n) is 5.88. The predicted octanol–water partition coefficient (Wildman–Crippen LogP) is 2.16. The Morgan fingerprint density at radius 1 is 1.04 bits per heavy atom. The van der Waals surface area contributed by atoms with Gasteiger partial charge in [0, 0.05) is 16.5 Å². The number of hydrogen-bond donors (Lipinski definition) is 1. The number of nitrogens with one attached hydrogen (secondary N) is 1. The first-order valence-corrected chi connectivity index (χ1v) is 8.79. The van der Waals surface area contributed by atoms with Gasteiger partial charge in [0.05, 0.1) is 13.2 Å². The summed E-state index contributed by atoms with van der Waals surface area (Å²) in [6.07, 6.45) is 0.769. The van der Waals surface area contributed by atoms with Gasteiger partial charge in [0.1, 0.15) is 13.1 Å². The minimum atomic E-state index is -0.0533. The molecule has 0 unspecified atom stereocenters. The lowest BCUT2D eigenvalue weighted by atomic mass is 9.96. The molecule has 0 amide bonds. The van der Waals surface area contributed by atoms with Crippen LogP contribution in [0.15, 0.2) is 59.1 Å². The van der Waals surface area contributed by atoms with Crippen LogP contribution in [0.3, 0.4) is 0 Å². The number of benzene rings is 2. The molecule has 0 spiro atoms. The number of Topliss-reactive ketones (excluding diaryl/α,β-unsaturated/α-hetero) is 1. The summed E-state index contributed by atoms with van der Waals surface area (Å²) in [5.41, 5.74) is 2.00. The van der Waals surface area contributed by atoms with Crippen molar-refractivity contribution in [2.75, 3.05) is 26.3 Å². The van der Waals surface area contributed by atoms with Gasteiger partial charge in [0.15, 0.2) is 6.04 Å². The molecular weight excluding hydrogens is 354 g/mol. The fraction of sp³-hybridized carbons (Fsp3) is 0.316. The minimum Gasteiger partial charge on any atom is -0.370 e. The van der Waals surface area contributed by atoms with Gasteiger partial charge in [-0.3, -0.25) is 4.79 Å². The standard InChI is InChI=1S/C19H20BrNO2/c20-17-8-6-16(7-9-17)19(22)18(21-10-12-23-13-11-21)14-15-4-2-1-3-5-15/h1-9,18H,10-14H2/p+1/t18-/m1/s1. The van der Waals surface area contributed by atoms with Crippen LogP contribution in [0.2, 0.25) is 0 Å². The Bertz CT molecular complexity index is 636. The molecule has 3 nitrogen and oxygen atoms in total. The monoisotopic (exact) mass is 374 g/mol. The van der Waals surface area contributed by atoms with Gasteiger partial charge < -0.3 is 9.64 Å². The Balaban J connectivity index is 1.84. The van der Waals surface area contributed by atoms with Crippen molar-refractivity contribution in [2.24, 2.45) is 0 Å². The highest BCUT2D eigenvalue weighted by molar-refractivity contribution is 9.10. The molecule has 0 radical (unpaired) electrons. The maximum atomic E-state index is 13.1.